The third-order valence-electron chi connectivity index (χ3n) is 1.69. The van der Waals surface area contributed by atoms with Gasteiger partial charge in [-0.1, -0.05) is 18.5 Å². The number of nitrogens with zero attached hydrogens (tertiary/aromatic N) is 2. The summed E-state index contributed by atoms with van der Waals surface area (Å²) in [6.07, 6.45) is 2.27. The van der Waals surface area contributed by atoms with Gasteiger partial charge in [0, 0.05) is 13.2 Å². The summed E-state index contributed by atoms with van der Waals surface area (Å²) in [6.45, 7) is 6.11. The third kappa shape index (κ3) is 4.23. The SMILES string of the molecule is CCCCOCCNc1nc(C)no1. The van der Waals surface area contributed by atoms with E-state index in [4.69, 9.17) is 9.26 Å². The van der Waals surface area contributed by atoms with Crippen molar-refractivity contribution < 1.29 is 9.26 Å². The molecule has 0 aliphatic carbocycles. The van der Waals surface area contributed by atoms with Crippen molar-refractivity contribution in [2.75, 3.05) is 25.1 Å². The van der Waals surface area contributed by atoms with Crippen LogP contribution in [0, 0.1) is 6.92 Å². The molecule has 0 amide bonds. The molecule has 5 nitrogen and oxygen atoms in total. The normalized spacial score (nSPS) is 10.4. The molecule has 0 spiro atoms. The maximum Gasteiger partial charge on any atom is 0.321 e. The Balaban J connectivity index is 1.99. The van der Waals surface area contributed by atoms with Crippen LogP contribution in [0.15, 0.2) is 4.52 Å². The Morgan fingerprint density at radius 3 is 2.93 bits per heavy atom. The lowest BCUT2D eigenvalue weighted by Gasteiger charge is -2.02. The van der Waals surface area contributed by atoms with E-state index >= 15 is 0 Å². The van der Waals surface area contributed by atoms with Crippen LogP contribution < -0.4 is 5.32 Å². The monoisotopic (exact) mass is 199 g/mol. The summed E-state index contributed by atoms with van der Waals surface area (Å²) in [7, 11) is 0. The summed E-state index contributed by atoms with van der Waals surface area (Å²) >= 11 is 0. The largest absolute Gasteiger partial charge is 0.380 e. The Bertz CT molecular complexity index is 250. The van der Waals surface area contributed by atoms with Crippen LogP contribution in [0.5, 0.6) is 0 Å². The van der Waals surface area contributed by atoms with Crippen LogP contribution >= 0.6 is 0 Å². The first-order chi connectivity index (χ1) is 6.83. The van der Waals surface area contributed by atoms with Gasteiger partial charge in [0.2, 0.25) is 0 Å². The number of hydrogen-bond acceptors (Lipinski definition) is 5. The molecule has 0 saturated heterocycles. The molecule has 80 valence electrons. The predicted molar refractivity (Wildman–Crippen MR) is 53.3 cm³/mol. The number of ether oxygens (including phenoxy) is 1. The Morgan fingerprint density at radius 1 is 1.43 bits per heavy atom. The number of unbranched alkanes of at least 4 members (excludes halogenated alkanes) is 1. The summed E-state index contributed by atoms with van der Waals surface area (Å²) in [6, 6.07) is 0.460. The molecule has 0 radical (unpaired) electrons. The molecule has 5 heteroatoms. The highest BCUT2D eigenvalue weighted by atomic mass is 16.5. The van der Waals surface area contributed by atoms with Crippen molar-refractivity contribution in [3.8, 4) is 0 Å². The molecule has 0 bridgehead atoms. The van der Waals surface area contributed by atoms with Gasteiger partial charge in [0.25, 0.3) is 0 Å². The zero-order valence-corrected chi connectivity index (χ0v) is 8.75. The second-order valence-electron chi connectivity index (χ2n) is 3.04. The van der Waals surface area contributed by atoms with E-state index in [-0.39, 0.29) is 0 Å². The highest BCUT2D eigenvalue weighted by molar-refractivity contribution is 5.17. The molecule has 0 aromatic carbocycles. The average molecular weight is 199 g/mol. The number of hydrogen-bond donors (Lipinski definition) is 1. The average Bonchev–Trinajstić information content (AvgIpc) is 2.58. The topological polar surface area (TPSA) is 60.2 Å². The van der Waals surface area contributed by atoms with Gasteiger partial charge in [-0.25, -0.2) is 0 Å². The standard InChI is InChI=1S/C9H17N3O2/c1-3-4-6-13-7-5-10-9-11-8(2)12-14-9/h3-7H2,1-2H3,(H,10,11,12). The third-order valence-corrected chi connectivity index (χ3v) is 1.69. The molecule has 1 aromatic rings. The van der Waals surface area contributed by atoms with Crippen molar-refractivity contribution >= 4 is 6.01 Å². The molecular formula is C9H17N3O2. The minimum Gasteiger partial charge on any atom is -0.380 e. The van der Waals surface area contributed by atoms with E-state index < -0.39 is 0 Å². The second kappa shape index (κ2) is 6.37. The summed E-state index contributed by atoms with van der Waals surface area (Å²) < 4.78 is 10.2. The van der Waals surface area contributed by atoms with Gasteiger partial charge in [-0.3, -0.25) is 0 Å². The van der Waals surface area contributed by atoms with Crippen molar-refractivity contribution in [2.45, 2.75) is 26.7 Å². The first-order valence-electron chi connectivity index (χ1n) is 4.95. The van der Waals surface area contributed by atoms with Crippen LogP contribution in [0.3, 0.4) is 0 Å². The highest BCUT2D eigenvalue weighted by Crippen LogP contribution is 2.00. The van der Waals surface area contributed by atoms with Gasteiger partial charge in [-0.2, -0.15) is 4.98 Å². The quantitative estimate of drug-likeness (QED) is 0.676. The van der Waals surface area contributed by atoms with Crippen molar-refractivity contribution in [3.05, 3.63) is 5.82 Å². The number of nitrogens with one attached hydrogen (secondary N) is 1. The molecule has 0 atom stereocenters. The fraction of sp³-hybridized carbons (Fsp3) is 0.778. The molecule has 1 rings (SSSR count). The summed E-state index contributed by atoms with van der Waals surface area (Å²) in [5.74, 6) is 0.638. The first-order valence-corrected chi connectivity index (χ1v) is 4.95. The number of aryl methyl sites for hydroxylation is 1. The van der Waals surface area contributed by atoms with Crippen molar-refractivity contribution in [2.24, 2.45) is 0 Å². The summed E-state index contributed by atoms with van der Waals surface area (Å²) in [5.41, 5.74) is 0. The van der Waals surface area contributed by atoms with E-state index in [0.29, 0.717) is 25.0 Å². The minimum atomic E-state index is 0.460. The van der Waals surface area contributed by atoms with Crippen LogP contribution in [0.1, 0.15) is 25.6 Å². The van der Waals surface area contributed by atoms with Gasteiger partial charge in [0.05, 0.1) is 6.61 Å². The van der Waals surface area contributed by atoms with E-state index in [0.717, 1.165) is 19.4 Å². The van der Waals surface area contributed by atoms with Gasteiger partial charge >= 0.3 is 6.01 Å². The van der Waals surface area contributed by atoms with E-state index in [9.17, 15) is 0 Å². The summed E-state index contributed by atoms with van der Waals surface area (Å²) in [4.78, 5) is 4.00. The lowest BCUT2D eigenvalue weighted by Crippen LogP contribution is -2.10. The van der Waals surface area contributed by atoms with Crippen LogP contribution in [0.2, 0.25) is 0 Å². The minimum absolute atomic E-state index is 0.460. The molecule has 1 aromatic heterocycles. The van der Waals surface area contributed by atoms with Gasteiger partial charge in [-0.05, 0) is 13.3 Å². The Labute approximate surface area is 83.8 Å². The maximum absolute atomic E-state index is 5.35. The van der Waals surface area contributed by atoms with Crippen molar-refractivity contribution in [1.29, 1.82) is 0 Å². The van der Waals surface area contributed by atoms with E-state index in [2.05, 4.69) is 22.4 Å². The highest BCUT2D eigenvalue weighted by Gasteiger charge is 1.99. The van der Waals surface area contributed by atoms with Crippen LogP contribution in [-0.4, -0.2) is 29.9 Å². The summed E-state index contributed by atoms with van der Waals surface area (Å²) in [5, 5.41) is 6.63. The molecule has 0 saturated carbocycles. The van der Waals surface area contributed by atoms with Gasteiger partial charge < -0.3 is 14.6 Å². The molecule has 0 aliphatic rings. The zero-order chi connectivity index (χ0) is 10.2. The van der Waals surface area contributed by atoms with Gasteiger partial charge in [0.1, 0.15) is 0 Å². The number of aromatic nitrogens is 2. The molecular weight excluding hydrogens is 182 g/mol. The second-order valence-corrected chi connectivity index (χ2v) is 3.04. The fourth-order valence-corrected chi connectivity index (χ4v) is 0.947. The van der Waals surface area contributed by atoms with Crippen molar-refractivity contribution in [3.63, 3.8) is 0 Å². The zero-order valence-electron chi connectivity index (χ0n) is 8.75. The predicted octanol–water partition coefficient (Wildman–Crippen LogP) is 1.61. The van der Waals surface area contributed by atoms with Crippen LogP contribution in [0.25, 0.3) is 0 Å². The molecule has 1 N–H and O–H groups in total. The number of rotatable bonds is 7. The Hall–Kier alpha value is -1.10. The lowest BCUT2D eigenvalue weighted by atomic mass is 10.4. The maximum atomic E-state index is 5.35. The molecule has 14 heavy (non-hydrogen) atoms. The molecule has 0 fully saturated rings. The van der Waals surface area contributed by atoms with Crippen molar-refractivity contribution in [1.82, 2.24) is 10.1 Å². The molecule has 0 unspecified atom stereocenters. The van der Waals surface area contributed by atoms with E-state index in [1.165, 1.54) is 0 Å². The van der Waals surface area contributed by atoms with E-state index in [1.54, 1.807) is 6.92 Å². The Kier molecular flexibility index (Phi) is 4.99. The lowest BCUT2D eigenvalue weighted by molar-refractivity contribution is 0.140. The Morgan fingerprint density at radius 2 is 2.29 bits per heavy atom. The smallest absolute Gasteiger partial charge is 0.321 e. The van der Waals surface area contributed by atoms with Crippen LogP contribution in [-0.2, 0) is 4.74 Å². The van der Waals surface area contributed by atoms with Gasteiger partial charge in [0.15, 0.2) is 5.82 Å². The molecule has 0 aliphatic heterocycles. The number of anilines is 1. The molecule has 1 heterocycles. The first kappa shape index (κ1) is 11.0. The van der Waals surface area contributed by atoms with Gasteiger partial charge in [-0.15, -0.1) is 0 Å². The van der Waals surface area contributed by atoms with Crippen LogP contribution in [0.4, 0.5) is 6.01 Å². The van der Waals surface area contributed by atoms with E-state index in [1.807, 2.05) is 0 Å². The fourth-order valence-electron chi connectivity index (χ4n) is 0.947.